The molecule has 6 atom stereocenters. The van der Waals surface area contributed by atoms with Gasteiger partial charge in [-0.3, -0.25) is 38.5 Å². The first-order chi connectivity index (χ1) is 43.2. The molecule has 1 aromatic carbocycles. The van der Waals surface area contributed by atoms with Gasteiger partial charge in [0.25, 0.3) is 11.8 Å². The maximum atomic E-state index is 14.4. The quantitative estimate of drug-likeness (QED) is 0.0555. The number of hydrogen-bond donors (Lipinski definition) is 6. The number of aromatic nitrogens is 7. The van der Waals surface area contributed by atoms with Crippen LogP contribution in [0.15, 0.2) is 64.0 Å². The summed E-state index contributed by atoms with van der Waals surface area (Å²) < 4.78 is 11.3. The Morgan fingerprint density at radius 1 is 0.744 bits per heavy atom. The number of anilines is 1. The number of thiazole rings is 6. The zero-order chi connectivity index (χ0) is 63.9. The van der Waals surface area contributed by atoms with Gasteiger partial charge in [0, 0.05) is 77.3 Å². The summed E-state index contributed by atoms with van der Waals surface area (Å²) in [5.41, 5.74) is 3.24. The van der Waals surface area contributed by atoms with Crippen molar-refractivity contribution in [1.82, 2.24) is 56.2 Å². The number of carboxylic acid groups (broad SMARTS) is 2. The molecule has 1 aliphatic heterocycles. The Morgan fingerprint density at radius 2 is 1.47 bits per heavy atom. The van der Waals surface area contributed by atoms with Crippen LogP contribution in [0.25, 0.3) is 43.4 Å². The molecule has 10 bridgehead atoms. The molecule has 10 rings (SSSR count). The third kappa shape index (κ3) is 15.0. The molecule has 5 amide bonds. The van der Waals surface area contributed by atoms with Gasteiger partial charge < -0.3 is 41.0 Å². The SMILES string of the molecule is CNC(=O)C[C@@H]1NC(=O)c2csc(n2)-c2ccc(-c3nc(N(CCCC(=O)O)C(=O)O[C@H]4CC[C@H](C(=O)O)C4)cs3)nc2-c2csc(n2)-c2csc(n2)[C@H]([C@@H](C)c2ccccc2)NC(=O)CNC(=O)c2nc(sc2COC)C(C(C)C)CC(=O)c2nc1sc2C. The van der Waals surface area contributed by atoms with Crippen molar-refractivity contribution in [2.45, 2.75) is 109 Å². The van der Waals surface area contributed by atoms with E-state index in [1.165, 1.54) is 75.7 Å². The lowest BCUT2D eigenvalue weighted by molar-refractivity contribution is -0.141. The number of carbonyl (C=O) groups excluding carboxylic acids is 6. The van der Waals surface area contributed by atoms with Crippen LogP contribution in [-0.2, 0) is 35.3 Å². The maximum absolute atomic E-state index is 14.4. The number of benzene rings is 1. The van der Waals surface area contributed by atoms with Crippen LogP contribution in [0.5, 0.6) is 0 Å². The number of nitrogens with zero attached hydrogens (tertiary/aromatic N) is 8. The lowest BCUT2D eigenvalue weighted by Gasteiger charge is -2.24. The summed E-state index contributed by atoms with van der Waals surface area (Å²) in [5.74, 6) is -5.84. The molecule has 24 nitrogen and oxygen atoms in total. The number of fused-ring (bicyclic) bond motifs is 14. The number of aryl methyl sites for hydroxylation is 1. The molecule has 90 heavy (non-hydrogen) atoms. The Bertz CT molecular complexity index is 3990. The molecule has 8 aromatic rings. The Hall–Kier alpha value is -8.13. The van der Waals surface area contributed by atoms with E-state index in [2.05, 4.69) is 21.3 Å². The third-order valence-corrected chi connectivity index (χ3v) is 21.0. The predicted octanol–water partition coefficient (Wildman–Crippen LogP) is 10.3. The number of hydrogen-bond acceptors (Lipinski definition) is 23. The van der Waals surface area contributed by atoms with E-state index in [1.54, 1.807) is 35.2 Å². The highest BCUT2D eigenvalue weighted by molar-refractivity contribution is 7.15. The molecule has 1 unspecified atom stereocenters. The van der Waals surface area contributed by atoms with E-state index in [0.29, 0.717) is 81.0 Å². The zero-order valence-electron chi connectivity index (χ0n) is 49.5. The molecule has 0 radical (unpaired) electrons. The van der Waals surface area contributed by atoms with Gasteiger partial charge in [0.1, 0.15) is 71.1 Å². The van der Waals surface area contributed by atoms with Crippen molar-refractivity contribution in [2.24, 2.45) is 11.8 Å². The average Bonchev–Trinajstić information content (AvgIpc) is 1.82. The molecular weight excluding hydrogens is 1270 g/mol. The van der Waals surface area contributed by atoms with E-state index in [0.717, 1.165) is 16.9 Å². The van der Waals surface area contributed by atoms with Gasteiger partial charge in [-0.05, 0) is 56.2 Å². The minimum atomic E-state index is -1.06. The summed E-state index contributed by atoms with van der Waals surface area (Å²) in [5, 5.41) is 40.0. The first kappa shape index (κ1) is 64.8. The molecule has 7 aromatic heterocycles. The average molecular weight is 1340 g/mol. The normalized spacial score (nSPS) is 18.5. The van der Waals surface area contributed by atoms with Crippen molar-refractivity contribution in [2.75, 3.05) is 32.1 Å². The molecule has 6 N–H and O–H groups in total. The summed E-state index contributed by atoms with van der Waals surface area (Å²) in [7, 11) is 2.97. The topological polar surface area (TPSA) is 337 Å². The highest BCUT2D eigenvalue weighted by atomic mass is 32.1. The van der Waals surface area contributed by atoms with Crippen LogP contribution in [-0.4, -0.2) is 126 Å². The monoisotopic (exact) mass is 1330 g/mol. The van der Waals surface area contributed by atoms with E-state index in [-0.39, 0.29) is 85.8 Å². The first-order valence-electron chi connectivity index (χ1n) is 28.7. The van der Waals surface area contributed by atoms with Crippen molar-refractivity contribution in [3.05, 3.63) is 111 Å². The molecule has 470 valence electrons. The second kappa shape index (κ2) is 28.8. The molecule has 0 spiro atoms. The van der Waals surface area contributed by atoms with Gasteiger partial charge >= 0.3 is 18.0 Å². The number of carboxylic acids is 2. The number of methoxy groups -OCH3 is 1. The van der Waals surface area contributed by atoms with Gasteiger partial charge in [-0.15, -0.1) is 68.0 Å². The van der Waals surface area contributed by atoms with Crippen LogP contribution in [0.2, 0.25) is 0 Å². The van der Waals surface area contributed by atoms with E-state index in [1.807, 2.05) is 56.5 Å². The molecule has 1 aliphatic carbocycles. The predicted molar refractivity (Wildman–Crippen MR) is 341 cm³/mol. The number of ether oxygens (including phenoxy) is 2. The largest absolute Gasteiger partial charge is 0.481 e. The summed E-state index contributed by atoms with van der Waals surface area (Å²) in [6.45, 7) is 7.20. The van der Waals surface area contributed by atoms with Crippen LogP contribution in [0.1, 0.15) is 151 Å². The smallest absolute Gasteiger partial charge is 0.415 e. The summed E-state index contributed by atoms with van der Waals surface area (Å²) in [4.78, 5) is 144. The lowest BCUT2D eigenvalue weighted by atomic mass is 9.90. The van der Waals surface area contributed by atoms with Gasteiger partial charge in [0.05, 0.1) is 53.2 Å². The molecule has 1 saturated carbocycles. The number of ketones is 1. The molecule has 1 fully saturated rings. The molecule has 30 heteroatoms. The first-order valence-corrected chi connectivity index (χ1v) is 33.8. The van der Waals surface area contributed by atoms with Crippen LogP contribution < -0.4 is 26.2 Å². The van der Waals surface area contributed by atoms with E-state index < -0.39 is 78.2 Å². The number of Topliss-reactive ketones (excluding diaryl/α,β-unsaturated/α-hetero) is 1. The molecule has 0 saturated heterocycles. The molecule has 8 heterocycles. The molecule has 2 aliphatic rings. The Morgan fingerprint density at radius 3 is 2.20 bits per heavy atom. The summed E-state index contributed by atoms with van der Waals surface area (Å²) >= 11 is 7.37. The maximum Gasteiger partial charge on any atom is 0.415 e. The third-order valence-electron chi connectivity index (χ3n) is 15.2. The Labute approximate surface area is 540 Å². The van der Waals surface area contributed by atoms with Gasteiger partial charge in [0.15, 0.2) is 5.78 Å². The number of rotatable bonds is 15. The van der Waals surface area contributed by atoms with Gasteiger partial charge in [-0.2, -0.15) is 0 Å². The van der Waals surface area contributed by atoms with Crippen molar-refractivity contribution in [3.8, 4) is 43.4 Å². The second-order valence-corrected chi connectivity index (χ2v) is 27.6. The standard InChI is InChI=1S/C60H62N12O12S6/c1-28(2)35-20-41(73)48-30(4)89-57(70-48)37(21-44(74)61-5)64-51(78)39-25-85-53(66-39)34-16-17-36(55-68-43(27-88-55)72(18-10-13-46(76)77)60(82)84-33-15-14-32(19-33)59(80)81)63-49(34)38-24-86-56(65-38)40-26-87-58(67-40)47(29(3)31-11-8-7-9-12-31)69-45(75)22-62-52(79)50-42(23-83-6)90-54(35)71-50/h7-9,11-12,16-17,24-29,32-33,35,37,47H,10,13-15,18-23H2,1-6H3,(H,61,74)(H,62,79)(H,64,78)(H,69,75)(H,76,77)(H,80,81)/t29-,32-,33-,35?,37-,47-/m0/s1. The highest BCUT2D eigenvalue weighted by Gasteiger charge is 2.36. The minimum absolute atomic E-state index is 0.0143. The van der Waals surface area contributed by atoms with Crippen LogP contribution in [0, 0.1) is 18.8 Å². The van der Waals surface area contributed by atoms with E-state index in [9.17, 15) is 48.6 Å². The number of nitrogens with one attached hydrogen (secondary N) is 4. The van der Waals surface area contributed by atoms with Gasteiger partial charge in [-0.25, -0.2) is 39.7 Å². The fourth-order valence-electron chi connectivity index (χ4n) is 10.4. The van der Waals surface area contributed by atoms with Gasteiger partial charge in [0.2, 0.25) is 11.8 Å². The fraction of sp³-hybridized carbons (Fsp3) is 0.383. The van der Waals surface area contributed by atoms with Crippen molar-refractivity contribution < 1.29 is 58.0 Å². The van der Waals surface area contributed by atoms with E-state index in [4.69, 9.17) is 44.4 Å². The minimum Gasteiger partial charge on any atom is -0.481 e. The van der Waals surface area contributed by atoms with Crippen molar-refractivity contribution >= 4 is 121 Å². The van der Waals surface area contributed by atoms with Crippen LogP contribution in [0.3, 0.4) is 0 Å². The zero-order valence-corrected chi connectivity index (χ0v) is 54.4. The lowest BCUT2D eigenvalue weighted by Crippen LogP contribution is -2.40. The van der Waals surface area contributed by atoms with Crippen LogP contribution >= 0.6 is 68.0 Å². The summed E-state index contributed by atoms with van der Waals surface area (Å²) in [6.07, 6.45) is -1.02. The summed E-state index contributed by atoms with van der Waals surface area (Å²) in [6, 6.07) is 11.4. The Balaban J connectivity index is 1.04. The van der Waals surface area contributed by atoms with Crippen LogP contribution in [0.4, 0.5) is 10.6 Å². The van der Waals surface area contributed by atoms with Gasteiger partial charge in [-0.1, -0.05) is 51.1 Å². The number of amides is 5. The number of aliphatic carboxylic acids is 2. The van der Waals surface area contributed by atoms with E-state index >= 15 is 0 Å². The van der Waals surface area contributed by atoms with Crippen molar-refractivity contribution in [3.63, 3.8) is 0 Å². The van der Waals surface area contributed by atoms with Crippen molar-refractivity contribution in [1.29, 1.82) is 0 Å². The highest BCUT2D eigenvalue weighted by Crippen LogP contribution is 2.42. The fourth-order valence-corrected chi connectivity index (χ4v) is 16.0. The molecular formula is C60H62N12O12S6. The number of carbonyl (C=O) groups is 8. The number of pyridine rings is 1. The Kier molecular flexibility index (Phi) is 20.7. The second-order valence-electron chi connectivity index (χ2n) is 21.8.